The third-order valence-electron chi connectivity index (χ3n) is 3.44. The lowest BCUT2D eigenvalue weighted by Gasteiger charge is -2.09. The molecule has 1 heterocycles. The molecule has 0 saturated carbocycles. The SMILES string of the molecule is O=C(Cc1ccccc1C(=O)O)Nc1cc(-n2cnnn2)ccc1F. The van der Waals surface area contributed by atoms with Crippen LogP contribution in [0.4, 0.5) is 10.1 Å². The average Bonchev–Trinajstić information content (AvgIpc) is 3.11. The summed E-state index contributed by atoms with van der Waals surface area (Å²) in [5, 5.41) is 22.2. The van der Waals surface area contributed by atoms with Crippen LogP contribution in [-0.2, 0) is 11.2 Å². The summed E-state index contributed by atoms with van der Waals surface area (Å²) in [7, 11) is 0. The smallest absolute Gasteiger partial charge is 0.335 e. The van der Waals surface area contributed by atoms with E-state index in [1.54, 1.807) is 12.1 Å². The molecule has 8 nitrogen and oxygen atoms in total. The van der Waals surface area contributed by atoms with Crippen LogP contribution < -0.4 is 5.32 Å². The molecule has 1 aromatic heterocycles. The fourth-order valence-corrected chi connectivity index (χ4v) is 2.28. The van der Waals surface area contributed by atoms with Crippen molar-refractivity contribution in [2.45, 2.75) is 6.42 Å². The van der Waals surface area contributed by atoms with Gasteiger partial charge in [-0.2, -0.15) is 0 Å². The Labute approximate surface area is 140 Å². The monoisotopic (exact) mass is 341 g/mol. The molecule has 3 rings (SSSR count). The number of hydrogen-bond donors (Lipinski definition) is 2. The number of aromatic nitrogens is 4. The average molecular weight is 341 g/mol. The lowest BCUT2D eigenvalue weighted by atomic mass is 10.0. The minimum Gasteiger partial charge on any atom is -0.478 e. The highest BCUT2D eigenvalue weighted by atomic mass is 19.1. The molecule has 2 N–H and O–H groups in total. The molecule has 0 bridgehead atoms. The van der Waals surface area contributed by atoms with E-state index in [1.807, 2.05) is 0 Å². The number of carbonyl (C=O) groups excluding carboxylic acids is 1. The van der Waals surface area contributed by atoms with Crippen molar-refractivity contribution in [2.24, 2.45) is 0 Å². The number of aromatic carboxylic acids is 1. The Balaban J connectivity index is 1.80. The predicted octanol–water partition coefficient (Wildman–Crippen LogP) is 1.68. The molecule has 1 amide bonds. The van der Waals surface area contributed by atoms with Crippen LogP contribution in [0.15, 0.2) is 48.8 Å². The molecule has 9 heteroatoms. The molecule has 0 fully saturated rings. The van der Waals surface area contributed by atoms with Crippen LogP contribution in [0.2, 0.25) is 0 Å². The summed E-state index contributed by atoms with van der Waals surface area (Å²) in [4.78, 5) is 23.4. The quantitative estimate of drug-likeness (QED) is 0.730. The number of halogens is 1. The molecule has 126 valence electrons. The number of nitrogens with one attached hydrogen (secondary N) is 1. The Kier molecular flexibility index (Phi) is 4.46. The first-order chi connectivity index (χ1) is 12.0. The third-order valence-corrected chi connectivity index (χ3v) is 3.44. The first-order valence-corrected chi connectivity index (χ1v) is 7.18. The normalized spacial score (nSPS) is 10.4. The lowest BCUT2D eigenvalue weighted by Crippen LogP contribution is -2.17. The Bertz CT molecular complexity index is 927. The molecule has 2 aromatic carbocycles. The number of carbonyl (C=O) groups is 2. The van der Waals surface area contributed by atoms with Gasteiger partial charge < -0.3 is 10.4 Å². The molecule has 25 heavy (non-hydrogen) atoms. The van der Waals surface area contributed by atoms with Gasteiger partial charge in [0, 0.05) is 0 Å². The zero-order valence-electron chi connectivity index (χ0n) is 12.8. The van der Waals surface area contributed by atoms with Gasteiger partial charge in [-0.3, -0.25) is 4.79 Å². The van der Waals surface area contributed by atoms with E-state index in [9.17, 15) is 14.0 Å². The second-order valence-corrected chi connectivity index (χ2v) is 5.11. The topological polar surface area (TPSA) is 110 Å². The molecular formula is C16H12FN5O3. The van der Waals surface area contributed by atoms with Gasteiger partial charge in [-0.05, 0) is 40.3 Å². The van der Waals surface area contributed by atoms with Gasteiger partial charge in [-0.1, -0.05) is 18.2 Å². The summed E-state index contributed by atoms with van der Waals surface area (Å²) < 4.78 is 15.3. The van der Waals surface area contributed by atoms with Gasteiger partial charge in [0.15, 0.2) is 0 Å². The van der Waals surface area contributed by atoms with E-state index in [2.05, 4.69) is 20.8 Å². The largest absolute Gasteiger partial charge is 0.478 e. The third kappa shape index (κ3) is 3.66. The molecule has 0 spiro atoms. The standard InChI is InChI=1S/C16H12FN5O3/c17-13-6-5-11(22-9-18-20-21-22)8-14(13)19-15(23)7-10-3-1-2-4-12(10)16(24)25/h1-6,8-9H,7H2,(H,19,23)(H,24,25). The minimum atomic E-state index is -1.13. The summed E-state index contributed by atoms with van der Waals surface area (Å²) in [6.45, 7) is 0. The number of nitrogens with zero attached hydrogens (tertiary/aromatic N) is 4. The van der Waals surface area contributed by atoms with Gasteiger partial charge in [0.2, 0.25) is 5.91 Å². The van der Waals surface area contributed by atoms with Crippen molar-refractivity contribution in [2.75, 3.05) is 5.32 Å². The first kappa shape index (κ1) is 16.2. The molecule has 3 aromatic rings. The second kappa shape index (κ2) is 6.87. The van der Waals surface area contributed by atoms with Gasteiger partial charge in [0.1, 0.15) is 12.1 Å². The molecule has 0 saturated heterocycles. The van der Waals surface area contributed by atoms with Crippen LogP contribution in [0.1, 0.15) is 15.9 Å². The van der Waals surface area contributed by atoms with Crippen molar-refractivity contribution in [3.63, 3.8) is 0 Å². The second-order valence-electron chi connectivity index (χ2n) is 5.11. The number of carboxylic acid groups (broad SMARTS) is 1. The maximum absolute atomic E-state index is 13.9. The number of tetrazole rings is 1. The van der Waals surface area contributed by atoms with Crippen molar-refractivity contribution in [1.29, 1.82) is 0 Å². The Morgan fingerprint density at radius 1 is 1.20 bits per heavy atom. The van der Waals surface area contributed by atoms with E-state index in [1.165, 1.54) is 41.3 Å². The highest BCUT2D eigenvalue weighted by Crippen LogP contribution is 2.19. The highest BCUT2D eigenvalue weighted by molar-refractivity contribution is 5.96. The van der Waals surface area contributed by atoms with Crippen molar-refractivity contribution in [1.82, 2.24) is 20.2 Å². The van der Waals surface area contributed by atoms with Crippen molar-refractivity contribution in [3.8, 4) is 5.69 Å². The Hall–Kier alpha value is -3.62. The maximum atomic E-state index is 13.9. The van der Waals surface area contributed by atoms with Gasteiger partial charge in [-0.15, -0.1) is 5.10 Å². The van der Waals surface area contributed by atoms with Crippen LogP contribution in [0.25, 0.3) is 5.69 Å². The van der Waals surface area contributed by atoms with E-state index in [0.29, 0.717) is 11.3 Å². The van der Waals surface area contributed by atoms with Crippen molar-refractivity contribution < 1.29 is 19.1 Å². The van der Waals surface area contributed by atoms with Crippen LogP contribution >= 0.6 is 0 Å². The van der Waals surface area contributed by atoms with E-state index >= 15 is 0 Å². The van der Waals surface area contributed by atoms with Crippen LogP contribution in [0.5, 0.6) is 0 Å². The molecule has 0 atom stereocenters. The number of carboxylic acids is 1. The molecule has 0 unspecified atom stereocenters. The summed E-state index contributed by atoms with van der Waals surface area (Å²) in [6.07, 6.45) is 1.14. The van der Waals surface area contributed by atoms with E-state index in [-0.39, 0.29) is 17.7 Å². The lowest BCUT2D eigenvalue weighted by molar-refractivity contribution is -0.115. The first-order valence-electron chi connectivity index (χ1n) is 7.18. The minimum absolute atomic E-state index is 0.0283. The zero-order chi connectivity index (χ0) is 17.8. The van der Waals surface area contributed by atoms with E-state index in [4.69, 9.17) is 5.11 Å². The molecule has 0 aliphatic rings. The summed E-state index contributed by atoms with van der Waals surface area (Å²) >= 11 is 0. The number of amides is 1. The number of benzene rings is 2. The Morgan fingerprint density at radius 2 is 2.00 bits per heavy atom. The fourth-order valence-electron chi connectivity index (χ4n) is 2.28. The molecule has 0 aliphatic carbocycles. The summed E-state index contributed by atoms with van der Waals surface area (Å²) in [5.41, 5.74) is 0.781. The van der Waals surface area contributed by atoms with Crippen LogP contribution in [0, 0.1) is 5.82 Å². The van der Waals surface area contributed by atoms with Crippen LogP contribution in [0.3, 0.4) is 0 Å². The molecule has 0 aliphatic heterocycles. The van der Waals surface area contributed by atoms with Gasteiger partial charge in [-0.25, -0.2) is 13.9 Å². The van der Waals surface area contributed by atoms with Crippen LogP contribution in [-0.4, -0.2) is 37.2 Å². The number of rotatable bonds is 5. The number of hydrogen-bond acceptors (Lipinski definition) is 5. The number of anilines is 1. The Morgan fingerprint density at radius 3 is 2.72 bits per heavy atom. The predicted molar refractivity (Wildman–Crippen MR) is 84.8 cm³/mol. The molecular weight excluding hydrogens is 329 g/mol. The van der Waals surface area contributed by atoms with Gasteiger partial charge >= 0.3 is 5.97 Å². The van der Waals surface area contributed by atoms with Crippen molar-refractivity contribution >= 4 is 17.6 Å². The maximum Gasteiger partial charge on any atom is 0.335 e. The zero-order valence-corrected chi connectivity index (χ0v) is 12.8. The molecule has 0 radical (unpaired) electrons. The van der Waals surface area contributed by atoms with Gasteiger partial charge in [0.25, 0.3) is 0 Å². The van der Waals surface area contributed by atoms with Gasteiger partial charge in [0.05, 0.1) is 23.4 Å². The summed E-state index contributed by atoms with van der Waals surface area (Å²) in [5.74, 6) is -2.30. The summed E-state index contributed by atoms with van der Waals surface area (Å²) in [6, 6.07) is 10.2. The highest BCUT2D eigenvalue weighted by Gasteiger charge is 2.14. The van der Waals surface area contributed by atoms with Crippen molar-refractivity contribution in [3.05, 3.63) is 65.7 Å². The van der Waals surface area contributed by atoms with E-state index in [0.717, 1.165) is 0 Å². The van der Waals surface area contributed by atoms with E-state index < -0.39 is 17.7 Å². The fraction of sp³-hybridized carbons (Fsp3) is 0.0625.